The quantitative estimate of drug-likeness (QED) is 0.0251. The number of carbonyl (C=O) groups excluding carboxylic acids is 1. The van der Waals surface area contributed by atoms with E-state index in [1.807, 2.05) is 0 Å². The molecule has 394 valence electrons. The molecule has 6 N–H and O–H groups in total. The fraction of sp³-hybridized carbons (Fsp3) is 0.981. The van der Waals surface area contributed by atoms with Gasteiger partial charge in [-0.2, -0.15) is 8.42 Å². The summed E-state index contributed by atoms with van der Waals surface area (Å²) in [5.41, 5.74) is 0. The average molecular weight is 964 g/mol. The first kappa shape index (κ1) is 63.1. The van der Waals surface area contributed by atoms with Gasteiger partial charge >= 0.3 is 10.4 Å². The number of nitrogens with one attached hydrogen (secondary N) is 1. The van der Waals surface area contributed by atoms with Crippen molar-refractivity contribution in [2.75, 3.05) is 13.2 Å². The topological polar surface area (TPSA) is 192 Å². The SMILES string of the molecule is CCCCCCCCCCCCCCCCCCCCCCC(=O)NC(COC1OC(CO)C(O)C(OS(=O)(=O)O)C1O)C(O)CCCCCCCCCCCCCCCCCCCCC. The van der Waals surface area contributed by atoms with Gasteiger partial charge in [0.2, 0.25) is 5.91 Å². The van der Waals surface area contributed by atoms with Gasteiger partial charge in [-0.25, -0.2) is 4.18 Å². The van der Waals surface area contributed by atoms with Crippen LogP contribution in [-0.2, 0) is 28.9 Å². The van der Waals surface area contributed by atoms with Gasteiger partial charge in [-0.05, 0) is 12.8 Å². The molecule has 1 aliphatic heterocycles. The normalized spacial score (nSPS) is 19.9. The molecule has 0 radical (unpaired) electrons. The maximum atomic E-state index is 13.1. The zero-order chi connectivity index (χ0) is 48.4. The molecule has 0 aromatic carbocycles. The maximum Gasteiger partial charge on any atom is 0.397 e. The summed E-state index contributed by atoms with van der Waals surface area (Å²) in [6.07, 6.45) is 41.0. The predicted molar refractivity (Wildman–Crippen MR) is 269 cm³/mol. The van der Waals surface area contributed by atoms with Gasteiger partial charge in [0.1, 0.15) is 24.4 Å². The molecule has 0 spiro atoms. The van der Waals surface area contributed by atoms with E-state index in [1.165, 1.54) is 199 Å². The van der Waals surface area contributed by atoms with Gasteiger partial charge in [0.15, 0.2) is 6.29 Å². The number of ether oxygens (including phenoxy) is 2. The lowest BCUT2D eigenvalue weighted by Gasteiger charge is -2.41. The molecule has 0 bridgehead atoms. The number of hydrogen-bond acceptors (Lipinski definition) is 10. The molecule has 12 nitrogen and oxygen atoms in total. The second-order valence-corrected chi connectivity index (χ2v) is 20.9. The predicted octanol–water partition coefficient (Wildman–Crippen LogP) is 12.5. The molecule has 1 amide bonds. The molecule has 0 aromatic heterocycles. The Hall–Kier alpha value is -0.900. The van der Waals surface area contributed by atoms with Crippen LogP contribution in [0.15, 0.2) is 0 Å². The lowest BCUT2D eigenvalue weighted by Crippen LogP contribution is -2.61. The minimum atomic E-state index is -5.08. The van der Waals surface area contributed by atoms with E-state index in [0.29, 0.717) is 12.8 Å². The van der Waals surface area contributed by atoms with Crippen molar-refractivity contribution in [2.24, 2.45) is 0 Å². The minimum absolute atomic E-state index is 0.223. The number of rotatable bonds is 49. The van der Waals surface area contributed by atoms with E-state index in [1.54, 1.807) is 0 Å². The van der Waals surface area contributed by atoms with Gasteiger partial charge in [-0.15, -0.1) is 0 Å². The van der Waals surface area contributed by atoms with Crippen molar-refractivity contribution in [1.29, 1.82) is 0 Å². The number of unbranched alkanes of at least 4 members (excludes halogenated alkanes) is 37. The number of aliphatic hydroxyl groups excluding tert-OH is 4. The molecule has 0 aliphatic carbocycles. The molecule has 1 heterocycles. The number of hydrogen-bond donors (Lipinski definition) is 6. The molecule has 0 saturated carbocycles. The summed E-state index contributed by atoms with van der Waals surface area (Å²) < 4.78 is 47.9. The number of aliphatic hydroxyl groups is 4. The Bertz CT molecular complexity index is 1180. The largest absolute Gasteiger partial charge is 0.397 e. The third-order valence-corrected chi connectivity index (χ3v) is 14.1. The fourth-order valence-electron chi connectivity index (χ4n) is 9.35. The lowest BCUT2D eigenvalue weighted by molar-refractivity contribution is -0.298. The standard InChI is InChI=1S/C53H105NO11S/c1-3-5-7-9-11-13-15-17-19-21-23-25-27-29-31-33-35-37-39-41-43-49(57)54-46(45-63-53-51(59)52(65-66(60,61)62)50(58)48(44-55)64-53)47(56)42-40-38-36-34-32-30-28-26-24-22-20-18-16-14-12-10-8-6-4-2/h46-48,50-53,55-56,58-59H,3-45H2,1-2H3,(H,54,57)(H,60,61,62). The Morgan fingerprint density at radius 3 is 1.21 bits per heavy atom. The van der Waals surface area contributed by atoms with Crippen LogP contribution in [0.5, 0.6) is 0 Å². The van der Waals surface area contributed by atoms with E-state index in [2.05, 4.69) is 23.3 Å². The summed E-state index contributed by atoms with van der Waals surface area (Å²) in [5.74, 6) is -0.223. The second kappa shape index (κ2) is 44.1. The van der Waals surface area contributed by atoms with Gasteiger partial charge in [-0.3, -0.25) is 9.35 Å². The third kappa shape index (κ3) is 36.1. The zero-order valence-corrected chi connectivity index (χ0v) is 43.4. The zero-order valence-electron chi connectivity index (χ0n) is 42.5. The molecule has 0 aromatic rings. The minimum Gasteiger partial charge on any atom is -0.394 e. The van der Waals surface area contributed by atoms with Crippen LogP contribution in [0.25, 0.3) is 0 Å². The molecule has 66 heavy (non-hydrogen) atoms. The first-order valence-electron chi connectivity index (χ1n) is 27.9. The highest BCUT2D eigenvalue weighted by Gasteiger charge is 2.48. The van der Waals surface area contributed by atoms with E-state index >= 15 is 0 Å². The van der Waals surface area contributed by atoms with Gasteiger partial charge < -0.3 is 35.2 Å². The smallest absolute Gasteiger partial charge is 0.394 e. The Labute approximate surface area is 405 Å². The first-order chi connectivity index (χ1) is 32.0. The van der Waals surface area contributed by atoms with Gasteiger partial charge in [-0.1, -0.05) is 258 Å². The van der Waals surface area contributed by atoms with E-state index < -0.39 is 59.9 Å². The van der Waals surface area contributed by atoms with E-state index in [0.717, 1.165) is 51.4 Å². The molecule has 7 unspecified atom stereocenters. The summed E-state index contributed by atoms with van der Waals surface area (Å²) >= 11 is 0. The Morgan fingerprint density at radius 1 is 0.545 bits per heavy atom. The van der Waals surface area contributed by atoms with Crippen LogP contribution in [0.1, 0.15) is 277 Å². The monoisotopic (exact) mass is 964 g/mol. The molecule has 1 aliphatic rings. The van der Waals surface area contributed by atoms with Gasteiger partial charge in [0.05, 0.1) is 25.4 Å². The van der Waals surface area contributed by atoms with Crippen molar-refractivity contribution in [3.63, 3.8) is 0 Å². The molecule has 1 saturated heterocycles. The molecule has 1 fully saturated rings. The highest BCUT2D eigenvalue weighted by molar-refractivity contribution is 7.80. The number of carbonyl (C=O) groups is 1. The Balaban J connectivity index is 2.37. The van der Waals surface area contributed by atoms with Crippen molar-refractivity contribution in [2.45, 2.75) is 320 Å². The van der Waals surface area contributed by atoms with Crippen molar-refractivity contribution in [1.82, 2.24) is 5.32 Å². The van der Waals surface area contributed by atoms with Crippen molar-refractivity contribution in [3.05, 3.63) is 0 Å². The van der Waals surface area contributed by atoms with Crippen LogP contribution in [0.2, 0.25) is 0 Å². The fourth-order valence-corrected chi connectivity index (χ4v) is 9.85. The van der Waals surface area contributed by atoms with E-state index in [9.17, 15) is 38.2 Å². The molecule has 7 atom stereocenters. The molecule has 1 rings (SSSR count). The van der Waals surface area contributed by atoms with Crippen LogP contribution in [-0.4, -0.2) is 95.4 Å². The summed E-state index contributed by atoms with van der Waals surface area (Å²) in [6, 6.07) is -0.852. The summed E-state index contributed by atoms with van der Waals surface area (Å²) in [4.78, 5) is 13.1. The average Bonchev–Trinajstić information content (AvgIpc) is 3.29. The van der Waals surface area contributed by atoms with E-state index in [-0.39, 0.29) is 12.5 Å². The van der Waals surface area contributed by atoms with Crippen molar-refractivity contribution < 1.29 is 51.8 Å². The molecular weight excluding hydrogens is 859 g/mol. The maximum absolute atomic E-state index is 13.1. The van der Waals surface area contributed by atoms with Crippen LogP contribution in [0.3, 0.4) is 0 Å². The van der Waals surface area contributed by atoms with Crippen molar-refractivity contribution >= 4 is 16.3 Å². The van der Waals surface area contributed by atoms with Gasteiger partial charge in [0.25, 0.3) is 0 Å². The lowest BCUT2D eigenvalue weighted by atomic mass is 9.99. The summed E-state index contributed by atoms with van der Waals surface area (Å²) in [7, 11) is -5.08. The molecule has 13 heteroatoms. The Morgan fingerprint density at radius 2 is 0.879 bits per heavy atom. The highest BCUT2D eigenvalue weighted by Crippen LogP contribution is 2.26. The van der Waals surface area contributed by atoms with E-state index in [4.69, 9.17) is 9.47 Å². The summed E-state index contributed by atoms with van der Waals surface area (Å²) in [5, 5.41) is 45.1. The third-order valence-electron chi connectivity index (χ3n) is 13.7. The molecular formula is C53H105NO11S. The second-order valence-electron chi connectivity index (χ2n) is 19.9. The van der Waals surface area contributed by atoms with Crippen LogP contribution in [0, 0.1) is 0 Å². The first-order valence-corrected chi connectivity index (χ1v) is 29.3. The van der Waals surface area contributed by atoms with Crippen LogP contribution >= 0.6 is 0 Å². The van der Waals surface area contributed by atoms with Gasteiger partial charge in [0, 0.05) is 6.42 Å². The van der Waals surface area contributed by atoms with Crippen molar-refractivity contribution in [3.8, 4) is 0 Å². The highest BCUT2D eigenvalue weighted by atomic mass is 32.3. The number of amides is 1. The Kier molecular flexibility index (Phi) is 42.1. The van der Waals surface area contributed by atoms with Crippen LogP contribution in [0.4, 0.5) is 0 Å². The summed E-state index contributed by atoms with van der Waals surface area (Å²) in [6.45, 7) is 3.50. The van der Waals surface area contributed by atoms with Crippen LogP contribution < -0.4 is 5.32 Å².